The number of rotatable bonds is 10. The van der Waals surface area contributed by atoms with Crippen molar-refractivity contribution >= 4 is 11.8 Å². The first kappa shape index (κ1) is 20.3. The molecule has 144 valence electrons. The fourth-order valence-electron chi connectivity index (χ4n) is 3.25. The summed E-state index contributed by atoms with van der Waals surface area (Å²) in [7, 11) is 0. The smallest absolute Gasteiger partial charge is 0.239 e. The molecule has 0 spiro atoms. The molecule has 2 N–H and O–H groups in total. The van der Waals surface area contributed by atoms with Crippen LogP contribution in [-0.2, 0) is 9.59 Å². The quantitative estimate of drug-likeness (QED) is 0.629. The van der Waals surface area contributed by atoms with Crippen LogP contribution in [0.5, 0.6) is 5.75 Å². The molecule has 0 heterocycles. The van der Waals surface area contributed by atoms with E-state index in [9.17, 15) is 9.59 Å². The van der Waals surface area contributed by atoms with Crippen LogP contribution in [0, 0.1) is 12.8 Å². The van der Waals surface area contributed by atoms with E-state index >= 15 is 0 Å². The van der Waals surface area contributed by atoms with Crippen molar-refractivity contribution in [3.63, 3.8) is 0 Å². The molecule has 1 aromatic carbocycles. The Labute approximate surface area is 156 Å². The number of hydrogen-bond acceptors (Lipinski definition) is 3. The summed E-state index contributed by atoms with van der Waals surface area (Å²) in [5, 5.41) is 5.57. The maximum Gasteiger partial charge on any atom is 0.239 e. The molecule has 0 atom stereocenters. The van der Waals surface area contributed by atoms with Gasteiger partial charge in [-0.1, -0.05) is 37.0 Å². The lowest BCUT2D eigenvalue weighted by Crippen LogP contribution is -2.38. The highest BCUT2D eigenvalue weighted by atomic mass is 16.5. The molecule has 1 saturated carbocycles. The Morgan fingerprint density at radius 1 is 1.00 bits per heavy atom. The third kappa shape index (κ3) is 8.37. The van der Waals surface area contributed by atoms with Gasteiger partial charge in [0, 0.05) is 13.0 Å². The second-order valence-corrected chi connectivity index (χ2v) is 7.20. The highest BCUT2D eigenvalue weighted by Crippen LogP contribution is 2.25. The van der Waals surface area contributed by atoms with E-state index in [0.29, 0.717) is 25.5 Å². The van der Waals surface area contributed by atoms with Crippen molar-refractivity contribution in [3.8, 4) is 5.75 Å². The van der Waals surface area contributed by atoms with Gasteiger partial charge in [-0.15, -0.1) is 0 Å². The van der Waals surface area contributed by atoms with E-state index in [2.05, 4.69) is 10.6 Å². The molecule has 1 aromatic rings. The van der Waals surface area contributed by atoms with Crippen molar-refractivity contribution in [2.45, 2.75) is 58.3 Å². The summed E-state index contributed by atoms with van der Waals surface area (Å²) in [6.45, 7) is 3.36. The molecule has 2 amide bonds. The summed E-state index contributed by atoms with van der Waals surface area (Å²) in [6, 6.07) is 7.98. The van der Waals surface area contributed by atoms with Crippen LogP contribution in [-0.4, -0.2) is 31.5 Å². The largest absolute Gasteiger partial charge is 0.494 e. The van der Waals surface area contributed by atoms with Crippen LogP contribution in [0.4, 0.5) is 0 Å². The topological polar surface area (TPSA) is 67.4 Å². The van der Waals surface area contributed by atoms with Gasteiger partial charge in [-0.25, -0.2) is 0 Å². The number of carbonyl (C=O) groups excluding carboxylic acids is 2. The van der Waals surface area contributed by atoms with Crippen molar-refractivity contribution in [1.29, 1.82) is 0 Å². The molecular weight excluding hydrogens is 328 g/mol. The SMILES string of the molecule is Cc1ccc(OCCCCNC(=O)CNC(=O)CC2CCCCC2)cc1. The van der Waals surface area contributed by atoms with Crippen LogP contribution in [0.25, 0.3) is 0 Å². The predicted molar refractivity (Wildman–Crippen MR) is 103 cm³/mol. The molecule has 0 aliphatic heterocycles. The summed E-state index contributed by atoms with van der Waals surface area (Å²) in [5.41, 5.74) is 1.21. The molecule has 1 fully saturated rings. The van der Waals surface area contributed by atoms with Gasteiger partial charge in [0.2, 0.25) is 11.8 Å². The number of hydrogen-bond donors (Lipinski definition) is 2. The zero-order chi connectivity index (χ0) is 18.6. The lowest BCUT2D eigenvalue weighted by Gasteiger charge is -2.20. The maximum absolute atomic E-state index is 11.9. The minimum absolute atomic E-state index is 0.00134. The number of unbranched alkanes of at least 4 members (excludes halogenated alkanes) is 1. The summed E-state index contributed by atoms with van der Waals surface area (Å²) in [6.07, 6.45) is 8.32. The summed E-state index contributed by atoms with van der Waals surface area (Å²) in [4.78, 5) is 23.6. The van der Waals surface area contributed by atoms with Crippen LogP contribution in [0.3, 0.4) is 0 Å². The number of carbonyl (C=O) groups is 2. The summed E-state index contributed by atoms with van der Waals surface area (Å²) < 4.78 is 5.65. The predicted octanol–water partition coefficient (Wildman–Crippen LogP) is 3.36. The fraction of sp³-hybridized carbons (Fsp3) is 0.619. The fourth-order valence-corrected chi connectivity index (χ4v) is 3.25. The van der Waals surface area contributed by atoms with E-state index < -0.39 is 0 Å². The van der Waals surface area contributed by atoms with E-state index in [1.165, 1.54) is 24.8 Å². The standard InChI is InChI=1S/C21H32N2O3/c1-17-9-11-19(12-10-17)26-14-6-5-13-22-21(25)16-23-20(24)15-18-7-3-2-4-8-18/h9-12,18H,2-8,13-16H2,1H3,(H,22,25)(H,23,24). The first-order chi connectivity index (χ1) is 12.6. The Balaban J connectivity index is 1.45. The Bertz CT molecular complexity index is 551. The molecule has 5 nitrogen and oxygen atoms in total. The molecular formula is C21H32N2O3. The average Bonchev–Trinajstić information content (AvgIpc) is 2.65. The van der Waals surface area contributed by atoms with Crippen LogP contribution in [0.15, 0.2) is 24.3 Å². The molecule has 0 saturated heterocycles. The number of ether oxygens (including phenoxy) is 1. The Hall–Kier alpha value is -2.04. The van der Waals surface area contributed by atoms with E-state index in [-0.39, 0.29) is 18.4 Å². The highest BCUT2D eigenvalue weighted by Gasteiger charge is 2.17. The van der Waals surface area contributed by atoms with E-state index in [0.717, 1.165) is 31.4 Å². The monoisotopic (exact) mass is 360 g/mol. The van der Waals surface area contributed by atoms with E-state index in [1.54, 1.807) is 0 Å². The number of amides is 2. The molecule has 0 unspecified atom stereocenters. The second-order valence-electron chi connectivity index (χ2n) is 7.20. The second kappa shape index (κ2) is 11.6. The van der Waals surface area contributed by atoms with Gasteiger partial charge in [0.05, 0.1) is 13.2 Å². The van der Waals surface area contributed by atoms with Crippen LogP contribution >= 0.6 is 0 Å². The van der Waals surface area contributed by atoms with Gasteiger partial charge >= 0.3 is 0 Å². The summed E-state index contributed by atoms with van der Waals surface area (Å²) >= 11 is 0. The minimum atomic E-state index is -0.124. The summed E-state index contributed by atoms with van der Waals surface area (Å²) in [5.74, 6) is 1.25. The number of aryl methyl sites for hydroxylation is 1. The van der Waals surface area contributed by atoms with Crippen LogP contribution in [0.1, 0.15) is 56.9 Å². The van der Waals surface area contributed by atoms with E-state index in [1.807, 2.05) is 31.2 Å². The molecule has 5 heteroatoms. The van der Waals surface area contributed by atoms with Gasteiger partial charge in [0.1, 0.15) is 5.75 Å². The van der Waals surface area contributed by atoms with Crippen molar-refractivity contribution in [2.75, 3.05) is 19.7 Å². The number of benzene rings is 1. The molecule has 2 rings (SSSR count). The molecule has 1 aliphatic carbocycles. The van der Waals surface area contributed by atoms with Crippen LogP contribution in [0.2, 0.25) is 0 Å². The molecule has 1 aliphatic rings. The van der Waals surface area contributed by atoms with Gasteiger partial charge in [-0.3, -0.25) is 9.59 Å². The van der Waals surface area contributed by atoms with Crippen LogP contribution < -0.4 is 15.4 Å². The van der Waals surface area contributed by atoms with E-state index in [4.69, 9.17) is 4.74 Å². The van der Waals surface area contributed by atoms with Crippen molar-refractivity contribution in [2.24, 2.45) is 5.92 Å². The lowest BCUT2D eigenvalue weighted by atomic mass is 9.87. The van der Waals surface area contributed by atoms with Crippen molar-refractivity contribution in [1.82, 2.24) is 10.6 Å². The molecule has 0 bridgehead atoms. The first-order valence-corrected chi connectivity index (χ1v) is 9.86. The highest BCUT2D eigenvalue weighted by molar-refractivity contribution is 5.84. The minimum Gasteiger partial charge on any atom is -0.494 e. The van der Waals surface area contributed by atoms with Crippen molar-refractivity contribution in [3.05, 3.63) is 29.8 Å². The zero-order valence-electron chi connectivity index (χ0n) is 15.9. The zero-order valence-corrected chi connectivity index (χ0v) is 15.9. The lowest BCUT2D eigenvalue weighted by molar-refractivity contribution is -0.126. The normalized spacial score (nSPS) is 14.7. The third-order valence-electron chi connectivity index (χ3n) is 4.83. The third-order valence-corrected chi connectivity index (χ3v) is 4.83. The first-order valence-electron chi connectivity index (χ1n) is 9.86. The molecule has 0 radical (unpaired) electrons. The molecule has 26 heavy (non-hydrogen) atoms. The maximum atomic E-state index is 11.9. The van der Waals surface area contributed by atoms with Gasteiger partial charge < -0.3 is 15.4 Å². The van der Waals surface area contributed by atoms with Gasteiger partial charge in [0.15, 0.2) is 0 Å². The average molecular weight is 360 g/mol. The Morgan fingerprint density at radius 3 is 2.46 bits per heavy atom. The molecule has 0 aromatic heterocycles. The Morgan fingerprint density at radius 2 is 1.73 bits per heavy atom. The Kier molecular flexibility index (Phi) is 9.01. The van der Waals surface area contributed by atoms with Gasteiger partial charge in [0.25, 0.3) is 0 Å². The van der Waals surface area contributed by atoms with Gasteiger partial charge in [-0.2, -0.15) is 0 Å². The number of nitrogens with one attached hydrogen (secondary N) is 2. The van der Waals surface area contributed by atoms with Gasteiger partial charge in [-0.05, 0) is 50.7 Å². The van der Waals surface area contributed by atoms with Crippen molar-refractivity contribution < 1.29 is 14.3 Å².